The molecule has 1 aliphatic heterocycles. The number of carbonyl (C=O) groups is 3. The SMILES string of the molecule is COCC1CCCN(C(=O)NC(=O)CCC(=O)O)C1. The minimum atomic E-state index is -1.05. The van der Waals surface area contributed by atoms with E-state index >= 15 is 0 Å². The lowest BCUT2D eigenvalue weighted by atomic mass is 9.99. The van der Waals surface area contributed by atoms with Gasteiger partial charge in [-0.3, -0.25) is 14.9 Å². The van der Waals surface area contributed by atoms with E-state index in [1.165, 1.54) is 0 Å². The number of amides is 3. The van der Waals surface area contributed by atoms with Gasteiger partial charge in [0.1, 0.15) is 0 Å². The third-order valence-electron chi connectivity index (χ3n) is 3.02. The molecule has 0 aromatic rings. The molecule has 1 atom stereocenters. The Morgan fingerprint density at radius 3 is 2.74 bits per heavy atom. The Hall–Kier alpha value is -1.63. The predicted molar refractivity (Wildman–Crippen MR) is 66.6 cm³/mol. The molecule has 1 rings (SSSR count). The van der Waals surface area contributed by atoms with Crippen LogP contribution in [0.2, 0.25) is 0 Å². The second-order valence-electron chi connectivity index (χ2n) is 4.66. The van der Waals surface area contributed by atoms with Gasteiger partial charge in [-0.1, -0.05) is 0 Å². The summed E-state index contributed by atoms with van der Waals surface area (Å²) < 4.78 is 5.06. The van der Waals surface area contributed by atoms with Crippen molar-refractivity contribution < 1.29 is 24.2 Å². The molecule has 0 bridgehead atoms. The molecular weight excluding hydrogens is 252 g/mol. The van der Waals surface area contributed by atoms with Crippen molar-refractivity contribution >= 4 is 17.9 Å². The molecule has 1 aliphatic rings. The van der Waals surface area contributed by atoms with Crippen molar-refractivity contribution in [3.63, 3.8) is 0 Å². The highest BCUT2D eigenvalue weighted by atomic mass is 16.5. The summed E-state index contributed by atoms with van der Waals surface area (Å²) in [5.74, 6) is -1.32. The van der Waals surface area contributed by atoms with E-state index in [-0.39, 0.29) is 12.8 Å². The molecule has 108 valence electrons. The standard InChI is InChI=1S/C12H20N2O5/c1-19-8-9-3-2-6-14(7-9)12(18)13-10(15)4-5-11(16)17/h9H,2-8H2,1H3,(H,16,17)(H,13,15,18). The minimum absolute atomic E-state index is 0.184. The molecule has 19 heavy (non-hydrogen) atoms. The van der Waals surface area contributed by atoms with Gasteiger partial charge in [-0.05, 0) is 12.8 Å². The number of carbonyl (C=O) groups excluding carboxylic acids is 2. The second kappa shape index (κ2) is 7.73. The van der Waals surface area contributed by atoms with Crippen LogP contribution in [0.5, 0.6) is 0 Å². The number of carboxylic acids is 1. The number of rotatable bonds is 5. The number of hydrogen-bond donors (Lipinski definition) is 2. The van der Waals surface area contributed by atoms with E-state index in [0.29, 0.717) is 25.6 Å². The number of piperidine rings is 1. The first kappa shape index (κ1) is 15.4. The molecule has 0 aromatic carbocycles. The fraction of sp³-hybridized carbons (Fsp3) is 0.750. The Morgan fingerprint density at radius 2 is 2.11 bits per heavy atom. The van der Waals surface area contributed by atoms with E-state index < -0.39 is 17.9 Å². The molecular formula is C12H20N2O5. The van der Waals surface area contributed by atoms with Crippen molar-refractivity contribution in [1.29, 1.82) is 0 Å². The first-order valence-corrected chi connectivity index (χ1v) is 6.32. The zero-order valence-corrected chi connectivity index (χ0v) is 11.1. The van der Waals surface area contributed by atoms with Crippen LogP contribution in [0.3, 0.4) is 0 Å². The number of urea groups is 1. The normalized spacial score (nSPS) is 19.0. The number of hydrogen-bond acceptors (Lipinski definition) is 4. The fourth-order valence-electron chi connectivity index (χ4n) is 2.10. The highest BCUT2D eigenvalue weighted by Gasteiger charge is 2.24. The zero-order chi connectivity index (χ0) is 14.3. The lowest BCUT2D eigenvalue weighted by Gasteiger charge is -2.32. The first-order chi connectivity index (χ1) is 9.02. The van der Waals surface area contributed by atoms with Crippen LogP contribution in [0, 0.1) is 5.92 Å². The van der Waals surface area contributed by atoms with Gasteiger partial charge in [-0.25, -0.2) is 4.79 Å². The number of nitrogens with one attached hydrogen (secondary N) is 1. The van der Waals surface area contributed by atoms with E-state index in [0.717, 1.165) is 12.8 Å². The number of methoxy groups -OCH3 is 1. The molecule has 3 amide bonds. The highest BCUT2D eigenvalue weighted by Crippen LogP contribution is 2.16. The Labute approximate surface area is 111 Å². The summed E-state index contributed by atoms with van der Waals surface area (Å²) in [7, 11) is 1.62. The predicted octanol–water partition coefficient (Wildman–Crippen LogP) is 0.446. The number of aliphatic carboxylic acids is 1. The summed E-state index contributed by atoms with van der Waals surface area (Å²) in [6.45, 7) is 1.76. The molecule has 1 fully saturated rings. The fourth-order valence-corrected chi connectivity index (χ4v) is 2.10. The summed E-state index contributed by atoms with van der Waals surface area (Å²) in [4.78, 5) is 35.1. The molecule has 7 heteroatoms. The van der Waals surface area contributed by atoms with Crippen LogP contribution in [0.25, 0.3) is 0 Å². The summed E-state index contributed by atoms with van der Waals surface area (Å²) in [6.07, 6.45) is 1.43. The maximum Gasteiger partial charge on any atom is 0.324 e. The van der Waals surface area contributed by atoms with Gasteiger partial charge in [0.25, 0.3) is 0 Å². The topological polar surface area (TPSA) is 95.9 Å². The molecule has 0 saturated carbocycles. The summed E-state index contributed by atoms with van der Waals surface area (Å²) >= 11 is 0. The second-order valence-corrected chi connectivity index (χ2v) is 4.66. The average Bonchev–Trinajstić information content (AvgIpc) is 2.37. The van der Waals surface area contributed by atoms with Crippen LogP contribution in [-0.2, 0) is 14.3 Å². The smallest absolute Gasteiger partial charge is 0.324 e. The Kier molecular flexibility index (Phi) is 6.27. The van der Waals surface area contributed by atoms with E-state index in [4.69, 9.17) is 9.84 Å². The molecule has 0 spiro atoms. The minimum Gasteiger partial charge on any atom is -0.481 e. The number of imide groups is 1. The summed E-state index contributed by atoms with van der Waals surface area (Å²) in [5, 5.41) is 10.7. The maximum absolute atomic E-state index is 11.8. The van der Waals surface area contributed by atoms with Crippen molar-refractivity contribution in [3.8, 4) is 0 Å². The third-order valence-corrected chi connectivity index (χ3v) is 3.02. The Bertz CT molecular complexity index is 343. The van der Waals surface area contributed by atoms with Gasteiger partial charge in [0, 0.05) is 32.5 Å². The van der Waals surface area contributed by atoms with E-state index in [1.807, 2.05) is 0 Å². The van der Waals surface area contributed by atoms with Crippen LogP contribution in [-0.4, -0.2) is 54.7 Å². The van der Waals surface area contributed by atoms with Gasteiger partial charge in [-0.15, -0.1) is 0 Å². The molecule has 0 radical (unpaired) electrons. The Morgan fingerprint density at radius 1 is 1.37 bits per heavy atom. The van der Waals surface area contributed by atoms with Crippen molar-refractivity contribution in [2.75, 3.05) is 26.8 Å². The van der Waals surface area contributed by atoms with Crippen molar-refractivity contribution in [1.82, 2.24) is 10.2 Å². The maximum atomic E-state index is 11.8. The average molecular weight is 272 g/mol. The van der Waals surface area contributed by atoms with Crippen molar-refractivity contribution in [2.45, 2.75) is 25.7 Å². The molecule has 1 saturated heterocycles. The molecule has 2 N–H and O–H groups in total. The van der Waals surface area contributed by atoms with E-state index in [1.54, 1.807) is 12.0 Å². The van der Waals surface area contributed by atoms with E-state index in [9.17, 15) is 14.4 Å². The molecule has 7 nitrogen and oxygen atoms in total. The monoisotopic (exact) mass is 272 g/mol. The molecule has 1 heterocycles. The van der Waals surface area contributed by atoms with Crippen molar-refractivity contribution in [3.05, 3.63) is 0 Å². The first-order valence-electron chi connectivity index (χ1n) is 6.32. The van der Waals surface area contributed by atoms with Gasteiger partial charge in [0.2, 0.25) is 5.91 Å². The van der Waals surface area contributed by atoms with E-state index in [2.05, 4.69) is 5.32 Å². The molecule has 1 unspecified atom stereocenters. The van der Waals surface area contributed by atoms with Crippen LogP contribution >= 0.6 is 0 Å². The van der Waals surface area contributed by atoms with Crippen LogP contribution in [0.1, 0.15) is 25.7 Å². The van der Waals surface area contributed by atoms with Crippen LogP contribution < -0.4 is 5.32 Å². The lowest BCUT2D eigenvalue weighted by Crippen LogP contribution is -2.48. The Balaban J connectivity index is 2.35. The van der Waals surface area contributed by atoms with Crippen LogP contribution in [0.4, 0.5) is 4.79 Å². The largest absolute Gasteiger partial charge is 0.481 e. The van der Waals surface area contributed by atoms with Gasteiger partial charge in [0.05, 0.1) is 13.0 Å². The summed E-state index contributed by atoms with van der Waals surface area (Å²) in [5.41, 5.74) is 0. The van der Waals surface area contributed by atoms with Crippen LogP contribution in [0.15, 0.2) is 0 Å². The number of likely N-dealkylation sites (tertiary alicyclic amines) is 1. The molecule has 0 aliphatic carbocycles. The van der Waals surface area contributed by atoms with Gasteiger partial charge < -0.3 is 14.7 Å². The zero-order valence-electron chi connectivity index (χ0n) is 11.1. The van der Waals surface area contributed by atoms with Crippen molar-refractivity contribution in [2.24, 2.45) is 5.92 Å². The van der Waals surface area contributed by atoms with Gasteiger partial charge in [0.15, 0.2) is 0 Å². The number of nitrogens with zero attached hydrogens (tertiary/aromatic N) is 1. The number of ether oxygens (including phenoxy) is 1. The lowest BCUT2D eigenvalue weighted by molar-refractivity contribution is -0.138. The number of carboxylic acid groups (broad SMARTS) is 1. The van der Waals surface area contributed by atoms with Gasteiger partial charge in [-0.2, -0.15) is 0 Å². The summed E-state index contributed by atoms with van der Waals surface area (Å²) in [6, 6.07) is -0.448. The quantitative estimate of drug-likeness (QED) is 0.757. The highest BCUT2D eigenvalue weighted by molar-refractivity contribution is 5.95. The third kappa shape index (κ3) is 5.69. The van der Waals surface area contributed by atoms with Gasteiger partial charge >= 0.3 is 12.0 Å². The molecule has 0 aromatic heterocycles.